The fraction of sp³-hybridized carbons (Fsp3) is 0.273. The molecule has 0 spiro atoms. The second-order valence-electron chi connectivity index (χ2n) is 6.56. The summed E-state index contributed by atoms with van der Waals surface area (Å²) in [5.74, 6) is 0.999. The number of imide groups is 1. The summed E-state index contributed by atoms with van der Waals surface area (Å²) < 4.78 is 11.4. The molecule has 0 radical (unpaired) electrons. The fourth-order valence-electron chi connectivity index (χ4n) is 2.79. The summed E-state index contributed by atoms with van der Waals surface area (Å²) in [6, 6.07) is 15.0. The van der Waals surface area contributed by atoms with Crippen LogP contribution in [0.4, 0.5) is 4.79 Å². The van der Waals surface area contributed by atoms with Gasteiger partial charge in [-0.1, -0.05) is 36.4 Å². The fourth-order valence-corrected chi connectivity index (χ4v) is 3.63. The van der Waals surface area contributed by atoms with Gasteiger partial charge >= 0.3 is 0 Å². The molecule has 28 heavy (non-hydrogen) atoms. The molecule has 146 valence electrons. The standard InChI is InChI=1S/C22H23NO4S/c1-4-26-19-12-17(10-11-18(19)27-15(2)3)13-20-21(24)23(22(25)28-20)14-16-8-6-5-7-9-16/h5-13,15H,4,14H2,1-3H3/b20-13+. The Bertz CT molecular complexity index is 893. The smallest absolute Gasteiger partial charge is 0.293 e. The van der Waals surface area contributed by atoms with E-state index in [4.69, 9.17) is 9.47 Å². The van der Waals surface area contributed by atoms with Gasteiger partial charge in [-0.15, -0.1) is 0 Å². The number of carbonyl (C=O) groups excluding carboxylic acids is 2. The molecule has 1 saturated heterocycles. The summed E-state index contributed by atoms with van der Waals surface area (Å²) in [5, 5.41) is -0.259. The van der Waals surface area contributed by atoms with Gasteiger partial charge in [-0.3, -0.25) is 14.5 Å². The average molecular weight is 397 g/mol. The molecule has 2 aromatic carbocycles. The largest absolute Gasteiger partial charge is 0.490 e. The highest BCUT2D eigenvalue weighted by Crippen LogP contribution is 2.35. The molecular formula is C22H23NO4S. The lowest BCUT2D eigenvalue weighted by Gasteiger charge is -2.15. The Morgan fingerprint density at radius 1 is 1.07 bits per heavy atom. The van der Waals surface area contributed by atoms with Crippen molar-refractivity contribution in [1.29, 1.82) is 0 Å². The molecule has 3 rings (SSSR count). The molecule has 0 bridgehead atoms. The summed E-state index contributed by atoms with van der Waals surface area (Å²) in [6.45, 7) is 6.58. The number of hydrogen-bond donors (Lipinski definition) is 0. The van der Waals surface area contributed by atoms with E-state index in [2.05, 4.69) is 0 Å². The summed E-state index contributed by atoms with van der Waals surface area (Å²) in [7, 11) is 0. The van der Waals surface area contributed by atoms with Crippen LogP contribution in [0.5, 0.6) is 11.5 Å². The van der Waals surface area contributed by atoms with Crippen molar-refractivity contribution in [3.05, 3.63) is 64.6 Å². The maximum absolute atomic E-state index is 12.7. The molecule has 2 aromatic rings. The number of amides is 2. The van der Waals surface area contributed by atoms with Gasteiger partial charge in [0.25, 0.3) is 11.1 Å². The van der Waals surface area contributed by atoms with Gasteiger partial charge in [0.1, 0.15) is 0 Å². The quantitative estimate of drug-likeness (QED) is 0.608. The molecule has 0 aliphatic carbocycles. The van der Waals surface area contributed by atoms with Crippen LogP contribution in [0, 0.1) is 0 Å². The van der Waals surface area contributed by atoms with Crippen molar-refractivity contribution >= 4 is 29.0 Å². The molecule has 1 aliphatic heterocycles. The summed E-state index contributed by atoms with van der Waals surface area (Å²) in [4.78, 5) is 26.7. The Labute approximate surface area is 169 Å². The van der Waals surface area contributed by atoms with Crippen LogP contribution in [-0.4, -0.2) is 28.8 Å². The van der Waals surface area contributed by atoms with E-state index in [0.29, 0.717) is 23.0 Å². The predicted molar refractivity (Wildman–Crippen MR) is 111 cm³/mol. The van der Waals surface area contributed by atoms with E-state index in [9.17, 15) is 9.59 Å². The van der Waals surface area contributed by atoms with E-state index in [0.717, 1.165) is 22.9 Å². The third-order valence-corrected chi connectivity index (χ3v) is 4.89. The molecule has 6 heteroatoms. The van der Waals surface area contributed by atoms with Crippen molar-refractivity contribution in [2.24, 2.45) is 0 Å². The van der Waals surface area contributed by atoms with Crippen LogP contribution in [-0.2, 0) is 11.3 Å². The average Bonchev–Trinajstić information content (AvgIpc) is 2.92. The predicted octanol–water partition coefficient (Wildman–Crippen LogP) is 5.11. The number of ether oxygens (including phenoxy) is 2. The highest BCUT2D eigenvalue weighted by Gasteiger charge is 2.35. The highest BCUT2D eigenvalue weighted by molar-refractivity contribution is 8.18. The Morgan fingerprint density at radius 3 is 2.50 bits per heavy atom. The van der Waals surface area contributed by atoms with Crippen LogP contribution in [0.15, 0.2) is 53.4 Å². The number of hydrogen-bond acceptors (Lipinski definition) is 5. The lowest BCUT2D eigenvalue weighted by Crippen LogP contribution is -2.27. The Morgan fingerprint density at radius 2 is 1.82 bits per heavy atom. The minimum absolute atomic E-state index is 0.0274. The number of rotatable bonds is 7. The van der Waals surface area contributed by atoms with Gasteiger partial charge in [-0.05, 0) is 61.9 Å². The highest BCUT2D eigenvalue weighted by atomic mass is 32.2. The second kappa shape index (κ2) is 8.97. The van der Waals surface area contributed by atoms with E-state index in [1.54, 1.807) is 6.08 Å². The van der Waals surface area contributed by atoms with Crippen LogP contribution in [0.2, 0.25) is 0 Å². The monoisotopic (exact) mass is 397 g/mol. The number of benzene rings is 2. The van der Waals surface area contributed by atoms with E-state index < -0.39 is 0 Å². The zero-order chi connectivity index (χ0) is 20.1. The topological polar surface area (TPSA) is 55.8 Å². The van der Waals surface area contributed by atoms with Crippen LogP contribution in [0.3, 0.4) is 0 Å². The Kier molecular flexibility index (Phi) is 6.41. The maximum atomic E-state index is 12.7. The third kappa shape index (κ3) is 4.75. The van der Waals surface area contributed by atoms with Crippen molar-refractivity contribution in [3.8, 4) is 11.5 Å². The molecular weight excluding hydrogens is 374 g/mol. The van der Waals surface area contributed by atoms with Gasteiger partial charge in [0.05, 0.1) is 24.2 Å². The van der Waals surface area contributed by atoms with E-state index >= 15 is 0 Å². The Balaban J connectivity index is 1.82. The van der Waals surface area contributed by atoms with E-state index in [-0.39, 0.29) is 23.8 Å². The van der Waals surface area contributed by atoms with Crippen molar-refractivity contribution < 1.29 is 19.1 Å². The van der Waals surface area contributed by atoms with Gasteiger partial charge in [-0.2, -0.15) is 0 Å². The molecule has 0 unspecified atom stereocenters. The lowest BCUT2D eigenvalue weighted by atomic mass is 10.1. The van der Waals surface area contributed by atoms with Gasteiger partial charge in [0, 0.05) is 0 Å². The molecule has 0 atom stereocenters. The van der Waals surface area contributed by atoms with Crippen molar-refractivity contribution in [2.45, 2.75) is 33.4 Å². The van der Waals surface area contributed by atoms with Gasteiger partial charge in [0.15, 0.2) is 11.5 Å². The number of nitrogens with zero attached hydrogens (tertiary/aromatic N) is 1. The number of carbonyl (C=O) groups is 2. The molecule has 1 heterocycles. The van der Waals surface area contributed by atoms with Gasteiger partial charge in [-0.25, -0.2) is 0 Å². The molecule has 1 fully saturated rings. The van der Waals surface area contributed by atoms with Crippen LogP contribution in [0.25, 0.3) is 6.08 Å². The first kappa shape index (κ1) is 20.0. The van der Waals surface area contributed by atoms with Gasteiger partial charge < -0.3 is 9.47 Å². The first-order valence-electron chi connectivity index (χ1n) is 9.20. The van der Waals surface area contributed by atoms with Crippen molar-refractivity contribution in [1.82, 2.24) is 4.90 Å². The SMILES string of the molecule is CCOc1cc(/C=C2/SC(=O)N(Cc3ccccc3)C2=O)ccc1OC(C)C. The molecule has 2 amide bonds. The van der Waals surface area contributed by atoms with Crippen LogP contribution < -0.4 is 9.47 Å². The molecule has 0 saturated carbocycles. The second-order valence-corrected chi connectivity index (χ2v) is 7.55. The summed E-state index contributed by atoms with van der Waals surface area (Å²) in [6.07, 6.45) is 1.75. The normalized spacial score (nSPS) is 15.6. The molecule has 0 N–H and O–H groups in total. The minimum atomic E-state index is -0.278. The summed E-state index contributed by atoms with van der Waals surface area (Å²) >= 11 is 0.956. The third-order valence-electron chi connectivity index (χ3n) is 3.99. The number of thioether (sulfide) groups is 1. The molecule has 0 aromatic heterocycles. The first-order chi connectivity index (χ1) is 13.5. The van der Waals surface area contributed by atoms with E-state index in [1.807, 2.05) is 69.3 Å². The zero-order valence-electron chi connectivity index (χ0n) is 16.2. The zero-order valence-corrected chi connectivity index (χ0v) is 17.0. The maximum Gasteiger partial charge on any atom is 0.293 e. The lowest BCUT2D eigenvalue weighted by molar-refractivity contribution is -0.123. The molecule has 1 aliphatic rings. The molecule has 5 nitrogen and oxygen atoms in total. The van der Waals surface area contributed by atoms with Crippen molar-refractivity contribution in [3.63, 3.8) is 0 Å². The summed E-state index contributed by atoms with van der Waals surface area (Å²) in [5.41, 5.74) is 1.70. The van der Waals surface area contributed by atoms with E-state index in [1.165, 1.54) is 4.90 Å². The minimum Gasteiger partial charge on any atom is -0.490 e. The van der Waals surface area contributed by atoms with Crippen molar-refractivity contribution in [2.75, 3.05) is 6.61 Å². The van der Waals surface area contributed by atoms with Crippen LogP contribution in [0.1, 0.15) is 31.9 Å². The van der Waals surface area contributed by atoms with Gasteiger partial charge in [0.2, 0.25) is 0 Å². The van der Waals surface area contributed by atoms with Crippen LogP contribution >= 0.6 is 11.8 Å². The Hall–Kier alpha value is -2.73. The first-order valence-corrected chi connectivity index (χ1v) is 10.0.